The van der Waals surface area contributed by atoms with E-state index in [9.17, 15) is 0 Å². The molecule has 27 heavy (non-hydrogen) atoms. The van der Waals surface area contributed by atoms with Crippen molar-refractivity contribution < 1.29 is 4.42 Å². The van der Waals surface area contributed by atoms with E-state index >= 15 is 0 Å². The van der Waals surface area contributed by atoms with Gasteiger partial charge in [-0.2, -0.15) is 0 Å². The van der Waals surface area contributed by atoms with Crippen LogP contribution in [0.2, 0.25) is 0 Å². The lowest BCUT2D eigenvalue weighted by Gasteiger charge is -2.30. The Morgan fingerprint density at radius 3 is 2.70 bits per heavy atom. The van der Waals surface area contributed by atoms with Crippen molar-refractivity contribution in [2.24, 2.45) is 5.73 Å². The van der Waals surface area contributed by atoms with Gasteiger partial charge in [-0.1, -0.05) is 30.3 Å². The number of nitrogens with zero attached hydrogens (tertiary/aromatic N) is 2. The van der Waals surface area contributed by atoms with Crippen LogP contribution in [-0.4, -0.2) is 29.0 Å². The maximum absolute atomic E-state index is 6.10. The van der Waals surface area contributed by atoms with Gasteiger partial charge in [0.25, 0.3) is 0 Å². The maximum Gasteiger partial charge on any atom is 0.137 e. The van der Waals surface area contributed by atoms with Crippen LogP contribution in [0.15, 0.2) is 65.3 Å². The van der Waals surface area contributed by atoms with Crippen molar-refractivity contribution in [2.45, 2.75) is 25.4 Å². The van der Waals surface area contributed by atoms with E-state index in [1.807, 2.05) is 30.6 Å². The first-order chi connectivity index (χ1) is 13.3. The van der Waals surface area contributed by atoms with Gasteiger partial charge in [0.05, 0.1) is 0 Å². The molecule has 1 fully saturated rings. The van der Waals surface area contributed by atoms with Crippen LogP contribution in [-0.2, 0) is 6.54 Å². The number of rotatable bonds is 3. The first-order valence-electron chi connectivity index (χ1n) is 9.60. The van der Waals surface area contributed by atoms with Crippen LogP contribution < -0.4 is 5.73 Å². The summed E-state index contributed by atoms with van der Waals surface area (Å²) in [4.78, 5) is 6.92. The predicted octanol–water partition coefficient (Wildman–Crippen LogP) is 4.57. The lowest BCUT2D eigenvalue weighted by Crippen LogP contribution is -2.39. The van der Waals surface area contributed by atoms with Gasteiger partial charge in [-0.15, -0.1) is 0 Å². The highest BCUT2D eigenvalue weighted by Crippen LogP contribution is 2.33. The van der Waals surface area contributed by atoms with Gasteiger partial charge in [0.1, 0.15) is 11.3 Å². The van der Waals surface area contributed by atoms with Crippen molar-refractivity contribution in [2.75, 3.05) is 13.1 Å². The summed E-state index contributed by atoms with van der Waals surface area (Å²) in [7, 11) is 0. The maximum atomic E-state index is 6.10. The fourth-order valence-electron chi connectivity index (χ4n) is 3.99. The molecule has 5 rings (SSSR count). The molecule has 4 nitrogen and oxygen atoms in total. The second kappa shape index (κ2) is 6.80. The highest BCUT2D eigenvalue weighted by molar-refractivity contribution is 5.97. The summed E-state index contributed by atoms with van der Waals surface area (Å²) in [6.07, 6.45) is 6.00. The second-order valence-electron chi connectivity index (χ2n) is 7.50. The summed E-state index contributed by atoms with van der Waals surface area (Å²) in [6, 6.07) is 17.2. The van der Waals surface area contributed by atoms with E-state index in [1.165, 1.54) is 10.9 Å². The Labute approximate surface area is 158 Å². The van der Waals surface area contributed by atoms with E-state index in [4.69, 9.17) is 10.2 Å². The van der Waals surface area contributed by atoms with E-state index in [0.717, 1.165) is 60.2 Å². The molecule has 1 saturated heterocycles. The molecule has 2 aromatic carbocycles. The van der Waals surface area contributed by atoms with Crippen molar-refractivity contribution in [1.82, 2.24) is 9.88 Å². The lowest BCUT2D eigenvalue weighted by atomic mass is 10.0. The van der Waals surface area contributed by atoms with E-state index in [1.54, 1.807) is 0 Å². The Hall–Kier alpha value is -2.69. The molecule has 136 valence electrons. The number of hydrogen-bond donors (Lipinski definition) is 1. The smallest absolute Gasteiger partial charge is 0.137 e. The second-order valence-corrected chi connectivity index (χ2v) is 7.50. The molecule has 1 aliphatic heterocycles. The molecule has 0 saturated carbocycles. The van der Waals surface area contributed by atoms with Gasteiger partial charge >= 0.3 is 0 Å². The molecular weight excluding hydrogens is 334 g/mol. The highest BCUT2D eigenvalue weighted by atomic mass is 16.3. The van der Waals surface area contributed by atoms with Crippen LogP contribution in [0.25, 0.3) is 33.1 Å². The number of benzene rings is 2. The van der Waals surface area contributed by atoms with Gasteiger partial charge in [-0.25, -0.2) is 0 Å². The number of likely N-dealkylation sites (tertiary alicyclic amines) is 1. The minimum absolute atomic E-state index is 0.364. The monoisotopic (exact) mass is 357 g/mol. The van der Waals surface area contributed by atoms with E-state index in [0.29, 0.717) is 6.04 Å². The van der Waals surface area contributed by atoms with E-state index < -0.39 is 0 Å². The van der Waals surface area contributed by atoms with Crippen molar-refractivity contribution in [1.29, 1.82) is 0 Å². The fourth-order valence-corrected chi connectivity index (χ4v) is 3.99. The van der Waals surface area contributed by atoms with Crippen molar-refractivity contribution in [3.63, 3.8) is 0 Å². The van der Waals surface area contributed by atoms with E-state index in [2.05, 4.69) is 40.2 Å². The van der Waals surface area contributed by atoms with Crippen LogP contribution in [0.1, 0.15) is 18.4 Å². The molecule has 2 aromatic heterocycles. The molecule has 0 radical (unpaired) electrons. The molecule has 0 unspecified atom stereocenters. The average molecular weight is 357 g/mol. The minimum atomic E-state index is 0.364. The summed E-state index contributed by atoms with van der Waals surface area (Å²) in [5.74, 6) is 0.871. The number of hydrogen-bond acceptors (Lipinski definition) is 4. The molecule has 0 atom stereocenters. The average Bonchev–Trinajstić information content (AvgIpc) is 3.13. The normalized spacial score (nSPS) is 16.3. The predicted molar refractivity (Wildman–Crippen MR) is 109 cm³/mol. The Morgan fingerprint density at radius 2 is 1.85 bits per heavy atom. The van der Waals surface area contributed by atoms with Gasteiger partial charge in [-0.05, 0) is 55.1 Å². The SMILES string of the molecule is NC1CCN(Cc2ccc3cncc(-c4cc5ccccc5o4)c3c2)CC1. The number of para-hydroxylation sites is 1. The topological polar surface area (TPSA) is 55.3 Å². The Kier molecular flexibility index (Phi) is 4.15. The third-order valence-corrected chi connectivity index (χ3v) is 5.55. The summed E-state index contributed by atoms with van der Waals surface area (Å²) < 4.78 is 6.10. The van der Waals surface area contributed by atoms with Crippen LogP contribution in [0, 0.1) is 0 Å². The molecule has 3 heterocycles. The summed E-state index contributed by atoms with van der Waals surface area (Å²) in [5, 5.41) is 3.44. The lowest BCUT2D eigenvalue weighted by molar-refractivity contribution is 0.206. The van der Waals surface area contributed by atoms with Gasteiger partial charge in [-0.3, -0.25) is 9.88 Å². The molecule has 4 aromatic rings. The van der Waals surface area contributed by atoms with Crippen molar-refractivity contribution >= 4 is 21.7 Å². The molecule has 0 aliphatic carbocycles. The molecule has 1 aliphatic rings. The van der Waals surface area contributed by atoms with Crippen LogP contribution in [0.5, 0.6) is 0 Å². The van der Waals surface area contributed by atoms with Gasteiger partial charge in [0.15, 0.2) is 0 Å². The molecule has 4 heteroatoms. The Balaban J connectivity index is 1.52. The van der Waals surface area contributed by atoms with Crippen molar-refractivity contribution in [3.8, 4) is 11.3 Å². The number of aromatic nitrogens is 1. The van der Waals surface area contributed by atoms with E-state index in [-0.39, 0.29) is 0 Å². The molecule has 2 N–H and O–H groups in total. The standard InChI is InChI=1S/C23H23N3O/c24-19-7-9-26(10-8-19)15-16-5-6-18-13-25-14-21(20(18)11-16)23-12-17-3-1-2-4-22(17)27-23/h1-6,11-14,19H,7-10,15,24H2. The Bertz CT molecular complexity index is 1060. The fraction of sp³-hybridized carbons (Fsp3) is 0.261. The summed E-state index contributed by atoms with van der Waals surface area (Å²) >= 11 is 0. The number of nitrogens with two attached hydrogens (primary N) is 1. The minimum Gasteiger partial charge on any atom is -0.456 e. The third kappa shape index (κ3) is 3.22. The molecule has 0 spiro atoms. The van der Waals surface area contributed by atoms with Gasteiger partial charge < -0.3 is 10.2 Å². The zero-order chi connectivity index (χ0) is 18.2. The summed E-state index contributed by atoms with van der Waals surface area (Å²) in [5.41, 5.74) is 9.31. The van der Waals surface area contributed by atoms with Gasteiger partial charge in [0, 0.05) is 41.3 Å². The zero-order valence-corrected chi connectivity index (χ0v) is 15.3. The number of pyridine rings is 1. The largest absolute Gasteiger partial charge is 0.456 e. The van der Waals surface area contributed by atoms with Crippen LogP contribution >= 0.6 is 0 Å². The molecular formula is C23H23N3O. The highest BCUT2D eigenvalue weighted by Gasteiger charge is 2.17. The van der Waals surface area contributed by atoms with Crippen LogP contribution in [0.3, 0.4) is 0 Å². The zero-order valence-electron chi connectivity index (χ0n) is 15.3. The van der Waals surface area contributed by atoms with Gasteiger partial charge in [0.2, 0.25) is 0 Å². The van der Waals surface area contributed by atoms with Crippen LogP contribution in [0.4, 0.5) is 0 Å². The van der Waals surface area contributed by atoms with Crippen molar-refractivity contribution in [3.05, 3.63) is 66.5 Å². The first kappa shape index (κ1) is 16.5. The summed E-state index contributed by atoms with van der Waals surface area (Å²) in [6.45, 7) is 3.11. The third-order valence-electron chi connectivity index (χ3n) is 5.55. The number of furan rings is 1. The quantitative estimate of drug-likeness (QED) is 0.583. The number of fused-ring (bicyclic) bond motifs is 2. The Morgan fingerprint density at radius 1 is 1.00 bits per heavy atom. The first-order valence-corrected chi connectivity index (χ1v) is 9.60. The number of piperidine rings is 1. The molecule has 0 amide bonds. The molecule has 0 bridgehead atoms.